The topological polar surface area (TPSA) is 108 Å². The van der Waals surface area contributed by atoms with Crippen molar-refractivity contribution in [2.75, 3.05) is 23.8 Å². The molecule has 3 saturated heterocycles. The van der Waals surface area contributed by atoms with Crippen molar-refractivity contribution >= 4 is 51.6 Å². The average Bonchev–Trinajstić information content (AvgIpc) is 3.70. The van der Waals surface area contributed by atoms with E-state index in [2.05, 4.69) is 10.6 Å². The Morgan fingerprint density at radius 3 is 2.36 bits per heavy atom. The summed E-state index contributed by atoms with van der Waals surface area (Å²) >= 11 is 1.60. The van der Waals surface area contributed by atoms with Crippen molar-refractivity contribution in [3.05, 3.63) is 103 Å². The molecule has 0 aliphatic carbocycles. The molecule has 4 aromatic carbocycles. The van der Waals surface area contributed by atoms with Crippen LogP contribution < -0.4 is 15.4 Å². The molecule has 230 valence electrons. The summed E-state index contributed by atoms with van der Waals surface area (Å²) in [6.45, 7) is 2.10. The second-order valence-corrected chi connectivity index (χ2v) is 13.5. The van der Waals surface area contributed by atoms with E-state index < -0.39 is 28.7 Å². The van der Waals surface area contributed by atoms with Gasteiger partial charge in [0.25, 0.3) is 0 Å². The number of likely N-dealkylation sites (tertiary alicyclic amines) is 1. The third-order valence-corrected chi connectivity index (χ3v) is 11.4. The van der Waals surface area contributed by atoms with Crippen LogP contribution in [0.2, 0.25) is 0 Å². The first-order chi connectivity index (χ1) is 21.9. The van der Waals surface area contributed by atoms with Crippen molar-refractivity contribution in [3.8, 4) is 5.75 Å². The van der Waals surface area contributed by atoms with Gasteiger partial charge in [-0.15, -0.1) is 11.8 Å². The fourth-order valence-corrected chi connectivity index (χ4v) is 9.77. The molecule has 9 heteroatoms. The molecular weight excluding hydrogens is 586 g/mol. The third-order valence-electron chi connectivity index (χ3n) is 9.43. The maximum Gasteiger partial charge on any atom is 0.248 e. The van der Waals surface area contributed by atoms with Gasteiger partial charge >= 0.3 is 0 Å². The van der Waals surface area contributed by atoms with E-state index in [0.29, 0.717) is 30.2 Å². The number of ether oxygens (including phenoxy) is 1. The number of anilines is 2. The molecule has 0 radical (unpaired) electrons. The monoisotopic (exact) mass is 621 g/mol. The largest absolute Gasteiger partial charge is 0.494 e. The molecule has 4 aromatic rings. The Bertz CT molecular complexity index is 1750. The first-order valence-corrected chi connectivity index (χ1v) is 16.3. The summed E-state index contributed by atoms with van der Waals surface area (Å²) in [6, 6.07) is 28.6. The molecular formula is C36H35N3O5S. The van der Waals surface area contributed by atoms with Crippen LogP contribution in [0.25, 0.3) is 10.8 Å². The van der Waals surface area contributed by atoms with Gasteiger partial charge in [0.05, 0.1) is 35.8 Å². The highest BCUT2D eigenvalue weighted by Crippen LogP contribution is 2.67. The second-order valence-electron chi connectivity index (χ2n) is 11.9. The van der Waals surface area contributed by atoms with Gasteiger partial charge in [-0.25, -0.2) is 0 Å². The zero-order chi connectivity index (χ0) is 31.1. The molecule has 3 aliphatic rings. The summed E-state index contributed by atoms with van der Waals surface area (Å²) in [5, 5.41) is 18.8. The lowest BCUT2D eigenvalue weighted by atomic mass is 9.70. The average molecular weight is 622 g/mol. The van der Waals surface area contributed by atoms with Crippen LogP contribution in [0.4, 0.5) is 11.4 Å². The van der Waals surface area contributed by atoms with Gasteiger partial charge in [0.1, 0.15) is 11.8 Å². The van der Waals surface area contributed by atoms with Crippen molar-refractivity contribution in [1.29, 1.82) is 0 Å². The Morgan fingerprint density at radius 2 is 1.62 bits per heavy atom. The first kappa shape index (κ1) is 29.4. The van der Waals surface area contributed by atoms with Gasteiger partial charge in [0.2, 0.25) is 17.7 Å². The Morgan fingerprint density at radius 1 is 0.933 bits per heavy atom. The predicted molar refractivity (Wildman–Crippen MR) is 176 cm³/mol. The number of nitrogens with one attached hydrogen (secondary N) is 2. The van der Waals surface area contributed by atoms with Crippen molar-refractivity contribution in [2.24, 2.45) is 11.8 Å². The number of fused-ring (bicyclic) bond motifs is 2. The SMILES string of the molecule is CCOc1ccc(NC(=O)[C@@H]2[C@@H]3CCC4(S3)C(C(=O)Nc3ccc5ccccc5c3)N([C@H](CO)c3ccccc3)C(=O)[C@H]24)cc1. The van der Waals surface area contributed by atoms with Crippen LogP contribution in [-0.4, -0.2) is 57.0 Å². The summed E-state index contributed by atoms with van der Waals surface area (Å²) in [4.78, 5) is 44.5. The first-order valence-electron chi connectivity index (χ1n) is 15.4. The Balaban J connectivity index is 1.24. The normalized spacial score (nSPS) is 25.6. The Labute approximate surface area is 266 Å². The van der Waals surface area contributed by atoms with E-state index in [4.69, 9.17) is 4.74 Å². The van der Waals surface area contributed by atoms with Gasteiger partial charge in [-0.05, 0) is 72.5 Å². The number of benzene rings is 4. The highest BCUT2D eigenvalue weighted by Gasteiger charge is 2.74. The molecule has 3 amide bonds. The zero-order valence-corrected chi connectivity index (χ0v) is 25.7. The molecule has 2 bridgehead atoms. The smallest absolute Gasteiger partial charge is 0.248 e. The molecule has 3 heterocycles. The number of hydrogen-bond acceptors (Lipinski definition) is 6. The van der Waals surface area contributed by atoms with E-state index in [1.165, 1.54) is 0 Å². The summed E-state index contributed by atoms with van der Waals surface area (Å²) < 4.78 is 4.73. The van der Waals surface area contributed by atoms with Crippen LogP contribution in [0, 0.1) is 11.8 Å². The zero-order valence-electron chi connectivity index (χ0n) is 24.9. The van der Waals surface area contributed by atoms with Crippen LogP contribution in [0.3, 0.4) is 0 Å². The highest BCUT2D eigenvalue weighted by atomic mass is 32.2. The number of amides is 3. The van der Waals surface area contributed by atoms with Crippen molar-refractivity contribution in [1.82, 2.24) is 4.90 Å². The van der Waals surface area contributed by atoms with Gasteiger partial charge in [-0.2, -0.15) is 0 Å². The molecule has 45 heavy (non-hydrogen) atoms. The van der Waals surface area contributed by atoms with Gasteiger partial charge < -0.3 is 25.4 Å². The third kappa shape index (κ3) is 5.04. The molecule has 1 spiro atoms. The van der Waals surface area contributed by atoms with Crippen molar-refractivity contribution in [2.45, 2.75) is 41.8 Å². The minimum Gasteiger partial charge on any atom is -0.494 e. The van der Waals surface area contributed by atoms with E-state index in [1.54, 1.807) is 40.9 Å². The Hall–Kier alpha value is -4.34. The van der Waals surface area contributed by atoms with E-state index in [1.807, 2.05) is 79.7 Å². The summed E-state index contributed by atoms with van der Waals surface area (Å²) in [5.74, 6) is -1.41. The lowest BCUT2D eigenvalue weighted by molar-refractivity contribution is -0.141. The standard InChI is InChI=1S/C36H35N3O5S/c1-2-44-27-16-14-25(15-17-27)37-33(41)30-29-18-19-36(45-29)31(30)35(43)39(28(21-40)23-9-4-3-5-10-23)32(36)34(42)38-26-13-12-22-8-6-7-11-24(22)20-26/h3-17,20,28-32,40H,2,18-19,21H2,1H3,(H,37,41)(H,38,42)/t28-,29+,30-,31+,32?,36?/m1/s1. The van der Waals surface area contributed by atoms with Crippen molar-refractivity contribution in [3.63, 3.8) is 0 Å². The summed E-state index contributed by atoms with van der Waals surface area (Å²) in [6.07, 6.45) is 1.35. The molecule has 2 unspecified atom stereocenters. The fourth-order valence-electron chi connectivity index (χ4n) is 7.56. The van der Waals surface area contributed by atoms with Gasteiger partial charge in [0, 0.05) is 16.6 Å². The Kier molecular flexibility index (Phi) is 7.75. The highest BCUT2D eigenvalue weighted by molar-refractivity contribution is 8.02. The number of nitrogens with zero attached hydrogens (tertiary/aromatic N) is 1. The predicted octanol–water partition coefficient (Wildman–Crippen LogP) is 5.64. The quantitative estimate of drug-likeness (QED) is 0.223. The van der Waals surface area contributed by atoms with Gasteiger partial charge in [-0.3, -0.25) is 14.4 Å². The van der Waals surface area contributed by atoms with Crippen LogP contribution in [0.5, 0.6) is 5.75 Å². The molecule has 7 rings (SSSR count). The van der Waals surface area contributed by atoms with Crippen molar-refractivity contribution < 1.29 is 24.2 Å². The minimum absolute atomic E-state index is 0.0935. The minimum atomic E-state index is -0.878. The van der Waals surface area contributed by atoms with E-state index >= 15 is 0 Å². The van der Waals surface area contributed by atoms with E-state index in [-0.39, 0.29) is 29.6 Å². The second kappa shape index (κ2) is 11.9. The molecule has 3 aliphatic heterocycles. The number of aliphatic hydroxyl groups is 1. The van der Waals surface area contributed by atoms with Crippen LogP contribution in [0.15, 0.2) is 97.1 Å². The number of rotatable bonds is 9. The number of thioether (sulfide) groups is 1. The molecule has 3 N–H and O–H groups in total. The molecule has 0 saturated carbocycles. The molecule has 6 atom stereocenters. The van der Waals surface area contributed by atoms with Crippen LogP contribution in [-0.2, 0) is 14.4 Å². The number of carbonyl (C=O) groups is 3. The van der Waals surface area contributed by atoms with Crippen LogP contribution in [0.1, 0.15) is 31.4 Å². The maximum absolute atomic E-state index is 14.6. The molecule has 3 fully saturated rings. The lowest BCUT2D eigenvalue weighted by Gasteiger charge is -2.37. The van der Waals surface area contributed by atoms with Gasteiger partial charge in [0.15, 0.2) is 0 Å². The number of aliphatic hydroxyl groups excluding tert-OH is 1. The maximum atomic E-state index is 14.6. The van der Waals surface area contributed by atoms with E-state index in [0.717, 1.165) is 22.8 Å². The number of hydrogen-bond donors (Lipinski definition) is 3. The van der Waals surface area contributed by atoms with Gasteiger partial charge in [-0.1, -0.05) is 60.7 Å². The fraction of sp³-hybridized carbons (Fsp3) is 0.306. The molecule has 0 aromatic heterocycles. The lowest BCUT2D eigenvalue weighted by Crippen LogP contribution is -2.52. The summed E-state index contributed by atoms with van der Waals surface area (Å²) in [5.41, 5.74) is 1.99. The number of carbonyl (C=O) groups excluding carboxylic acids is 3. The van der Waals surface area contributed by atoms with Crippen LogP contribution >= 0.6 is 11.8 Å². The van der Waals surface area contributed by atoms with E-state index in [9.17, 15) is 19.5 Å². The molecule has 8 nitrogen and oxygen atoms in total. The summed E-state index contributed by atoms with van der Waals surface area (Å²) in [7, 11) is 0.